The molecule has 11 heteroatoms. The summed E-state index contributed by atoms with van der Waals surface area (Å²) in [6, 6.07) is 2.72. The van der Waals surface area contributed by atoms with Crippen LogP contribution in [0.2, 0.25) is 0 Å². The van der Waals surface area contributed by atoms with Crippen molar-refractivity contribution in [1.82, 2.24) is 20.1 Å². The molecular weight excluding hydrogens is 379 g/mol. The molecule has 150 valence electrons. The van der Waals surface area contributed by atoms with Crippen molar-refractivity contribution < 1.29 is 27.9 Å². The standard InChI is InChI=1S/C17H18F3N5O3/c18-17(19,20)12-2-1-8-21-14(12)25-9-7-13(24-25)23-16(28)22-11-5-3-10(4-6-11)15(26)27/h1-2,7-11H,3-6H2,(H,26,27)(H2,22,23,24,28). The number of carboxylic acids is 1. The fourth-order valence-corrected chi connectivity index (χ4v) is 3.13. The molecule has 28 heavy (non-hydrogen) atoms. The number of urea groups is 1. The minimum atomic E-state index is -4.59. The zero-order chi connectivity index (χ0) is 20.3. The summed E-state index contributed by atoms with van der Waals surface area (Å²) >= 11 is 0. The number of nitrogens with one attached hydrogen (secondary N) is 2. The van der Waals surface area contributed by atoms with Crippen LogP contribution in [-0.4, -0.2) is 37.9 Å². The number of nitrogens with zero attached hydrogens (tertiary/aromatic N) is 3. The highest BCUT2D eigenvalue weighted by Gasteiger charge is 2.35. The molecule has 2 heterocycles. The third-order valence-corrected chi connectivity index (χ3v) is 4.55. The summed E-state index contributed by atoms with van der Waals surface area (Å²) in [6.45, 7) is 0. The molecule has 0 spiro atoms. The summed E-state index contributed by atoms with van der Waals surface area (Å²) in [5, 5.41) is 18.1. The highest BCUT2D eigenvalue weighted by atomic mass is 19.4. The Hall–Kier alpha value is -3.11. The topological polar surface area (TPSA) is 109 Å². The number of alkyl halides is 3. The Morgan fingerprint density at radius 2 is 1.89 bits per heavy atom. The van der Waals surface area contributed by atoms with Crippen molar-refractivity contribution in [3.8, 4) is 5.82 Å². The van der Waals surface area contributed by atoms with Crippen LogP contribution >= 0.6 is 0 Å². The average molecular weight is 397 g/mol. The van der Waals surface area contributed by atoms with Gasteiger partial charge in [-0.3, -0.25) is 10.1 Å². The van der Waals surface area contributed by atoms with Crippen LogP contribution in [0.4, 0.5) is 23.8 Å². The van der Waals surface area contributed by atoms with Gasteiger partial charge in [0.05, 0.1) is 5.92 Å². The van der Waals surface area contributed by atoms with Gasteiger partial charge < -0.3 is 10.4 Å². The summed E-state index contributed by atoms with van der Waals surface area (Å²) in [5.74, 6) is -1.55. The first-order valence-corrected chi connectivity index (χ1v) is 8.62. The van der Waals surface area contributed by atoms with E-state index in [1.54, 1.807) is 0 Å². The van der Waals surface area contributed by atoms with Crippen LogP contribution in [0.3, 0.4) is 0 Å². The van der Waals surface area contributed by atoms with Crippen molar-refractivity contribution in [1.29, 1.82) is 0 Å². The molecule has 1 aliphatic carbocycles. The van der Waals surface area contributed by atoms with Crippen molar-refractivity contribution in [3.05, 3.63) is 36.2 Å². The second kappa shape index (κ2) is 7.87. The predicted molar refractivity (Wildman–Crippen MR) is 91.9 cm³/mol. The Morgan fingerprint density at radius 3 is 2.54 bits per heavy atom. The molecule has 8 nitrogen and oxygen atoms in total. The van der Waals surface area contributed by atoms with Crippen molar-refractivity contribution in [2.75, 3.05) is 5.32 Å². The van der Waals surface area contributed by atoms with E-state index >= 15 is 0 Å². The number of carbonyl (C=O) groups is 2. The number of aliphatic carboxylic acids is 1. The van der Waals surface area contributed by atoms with E-state index in [0.717, 1.165) is 10.7 Å². The number of anilines is 1. The normalized spacial score (nSPS) is 19.8. The molecule has 1 fully saturated rings. The van der Waals surface area contributed by atoms with E-state index in [0.29, 0.717) is 25.7 Å². The van der Waals surface area contributed by atoms with Crippen LogP contribution in [0, 0.1) is 5.92 Å². The molecule has 2 aromatic rings. The number of hydrogen-bond acceptors (Lipinski definition) is 4. The third-order valence-electron chi connectivity index (χ3n) is 4.55. The van der Waals surface area contributed by atoms with Gasteiger partial charge in [0, 0.05) is 24.5 Å². The quantitative estimate of drug-likeness (QED) is 0.735. The molecule has 0 saturated heterocycles. The Morgan fingerprint density at radius 1 is 1.18 bits per heavy atom. The first-order valence-electron chi connectivity index (χ1n) is 8.62. The maximum Gasteiger partial charge on any atom is 0.420 e. The summed E-state index contributed by atoms with van der Waals surface area (Å²) in [4.78, 5) is 26.8. The molecule has 0 unspecified atom stereocenters. The van der Waals surface area contributed by atoms with Crippen LogP contribution in [0.5, 0.6) is 0 Å². The minimum absolute atomic E-state index is 0.0653. The van der Waals surface area contributed by atoms with E-state index < -0.39 is 35.5 Å². The van der Waals surface area contributed by atoms with Gasteiger partial charge in [0.1, 0.15) is 5.56 Å². The van der Waals surface area contributed by atoms with Crippen molar-refractivity contribution in [2.45, 2.75) is 37.9 Å². The fourth-order valence-electron chi connectivity index (χ4n) is 3.13. The van der Waals surface area contributed by atoms with Crippen molar-refractivity contribution in [3.63, 3.8) is 0 Å². The van der Waals surface area contributed by atoms with Gasteiger partial charge >= 0.3 is 18.2 Å². The molecule has 2 amide bonds. The lowest BCUT2D eigenvalue weighted by molar-refractivity contribution is -0.143. The molecule has 3 rings (SSSR count). The number of carboxylic acid groups (broad SMARTS) is 1. The predicted octanol–water partition coefficient (Wildman–Crippen LogP) is 3.05. The zero-order valence-electron chi connectivity index (χ0n) is 14.6. The number of carbonyl (C=O) groups excluding carboxylic acids is 1. The highest BCUT2D eigenvalue weighted by molar-refractivity contribution is 5.88. The van der Waals surface area contributed by atoms with Gasteiger partial charge in [-0.05, 0) is 37.8 Å². The van der Waals surface area contributed by atoms with E-state index in [-0.39, 0.29) is 11.9 Å². The van der Waals surface area contributed by atoms with Gasteiger partial charge in [-0.2, -0.15) is 13.2 Å². The monoisotopic (exact) mass is 397 g/mol. The van der Waals surface area contributed by atoms with Gasteiger partial charge in [-0.1, -0.05) is 0 Å². The van der Waals surface area contributed by atoms with Crippen LogP contribution in [0.15, 0.2) is 30.6 Å². The lowest BCUT2D eigenvalue weighted by atomic mass is 9.86. The number of amides is 2. The molecule has 0 bridgehead atoms. The number of hydrogen-bond donors (Lipinski definition) is 3. The SMILES string of the molecule is O=C(Nc1ccn(-c2ncccc2C(F)(F)F)n1)NC1CCC(C(=O)O)CC1. The minimum Gasteiger partial charge on any atom is -0.481 e. The number of rotatable bonds is 4. The van der Waals surface area contributed by atoms with Crippen LogP contribution in [0.1, 0.15) is 31.2 Å². The second-order valence-corrected chi connectivity index (χ2v) is 6.50. The van der Waals surface area contributed by atoms with Gasteiger partial charge in [-0.25, -0.2) is 14.5 Å². The molecular formula is C17H18F3N5O3. The second-order valence-electron chi connectivity index (χ2n) is 6.50. The Kier molecular flexibility index (Phi) is 5.52. The number of halogens is 3. The summed E-state index contributed by atoms with van der Waals surface area (Å²) in [5.41, 5.74) is -0.940. The van der Waals surface area contributed by atoms with Crippen LogP contribution in [0.25, 0.3) is 5.82 Å². The largest absolute Gasteiger partial charge is 0.481 e. The van der Waals surface area contributed by atoms with Crippen LogP contribution in [-0.2, 0) is 11.0 Å². The molecule has 0 atom stereocenters. The number of pyridine rings is 1. The molecule has 2 aromatic heterocycles. The first-order chi connectivity index (χ1) is 13.2. The van der Waals surface area contributed by atoms with Gasteiger partial charge in [0.2, 0.25) is 0 Å². The molecule has 3 N–H and O–H groups in total. The average Bonchev–Trinajstić information content (AvgIpc) is 3.09. The lowest BCUT2D eigenvalue weighted by Crippen LogP contribution is -2.41. The maximum atomic E-state index is 13.1. The van der Waals surface area contributed by atoms with E-state index in [2.05, 4.69) is 20.7 Å². The van der Waals surface area contributed by atoms with E-state index in [4.69, 9.17) is 5.11 Å². The molecule has 1 saturated carbocycles. The maximum absolute atomic E-state index is 13.1. The molecule has 1 aliphatic rings. The van der Waals surface area contributed by atoms with Gasteiger partial charge in [0.25, 0.3) is 0 Å². The van der Waals surface area contributed by atoms with Crippen LogP contribution < -0.4 is 10.6 Å². The third kappa shape index (κ3) is 4.59. The summed E-state index contributed by atoms with van der Waals surface area (Å²) in [6.07, 6.45) is -0.0485. The van der Waals surface area contributed by atoms with E-state index in [1.807, 2.05) is 0 Å². The van der Waals surface area contributed by atoms with Crippen molar-refractivity contribution in [2.24, 2.45) is 5.92 Å². The van der Waals surface area contributed by atoms with E-state index in [9.17, 15) is 22.8 Å². The first kappa shape index (κ1) is 19.6. The Bertz CT molecular complexity index is 860. The van der Waals surface area contributed by atoms with E-state index in [1.165, 1.54) is 24.5 Å². The summed E-state index contributed by atoms with van der Waals surface area (Å²) in [7, 11) is 0. The lowest BCUT2D eigenvalue weighted by Gasteiger charge is -2.26. The van der Waals surface area contributed by atoms with Crippen molar-refractivity contribution >= 4 is 17.8 Å². The smallest absolute Gasteiger partial charge is 0.420 e. The van der Waals surface area contributed by atoms with Gasteiger partial charge in [0.15, 0.2) is 11.6 Å². The molecule has 0 aliphatic heterocycles. The molecule has 0 aromatic carbocycles. The Labute approximate surface area is 157 Å². The Balaban J connectivity index is 1.61. The molecule has 0 radical (unpaired) electrons. The summed E-state index contributed by atoms with van der Waals surface area (Å²) < 4.78 is 40.2. The zero-order valence-corrected chi connectivity index (χ0v) is 14.6. The van der Waals surface area contributed by atoms with Gasteiger partial charge in [-0.15, -0.1) is 5.10 Å². The highest BCUT2D eigenvalue weighted by Crippen LogP contribution is 2.32. The fraction of sp³-hybridized carbons (Fsp3) is 0.412. The number of aromatic nitrogens is 3.